The smallest absolute Gasteiger partial charge is 0.232 e. The number of hydrogen-bond donors (Lipinski definition) is 0. The number of thiophene rings is 1. The zero-order chi connectivity index (χ0) is 25.0. The molecule has 37 heavy (non-hydrogen) atoms. The molecule has 4 aliphatic rings. The number of amides is 1. The quantitative estimate of drug-likeness (QED) is 0.528. The molecule has 1 amide bonds. The Morgan fingerprint density at radius 2 is 1.89 bits per heavy atom. The third-order valence-corrected chi connectivity index (χ3v) is 8.47. The molecule has 1 fully saturated rings. The van der Waals surface area contributed by atoms with Crippen molar-refractivity contribution in [2.75, 3.05) is 37.6 Å². The van der Waals surface area contributed by atoms with Gasteiger partial charge in [-0.1, -0.05) is 42.5 Å². The van der Waals surface area contributed by atoms with E-state index in [9.17, 15) is 4.79 Å². The van der Waals surface area contributed by atoms with E-state index in [0.29, 0.717) is 6.42 Å². The van der Waals surface area contributed by atoms with Crippen LogP contribution in [-0.2, 0) is 27.1 Å². The van der Waals surface area contributed by atoms with Crippen molar-refractivity contribution in [2.24, 2.45) is 0 Å². The number of para-hydroxylation sites is 1. The topological polar surface area (TPSA) is 45.3 Å². The molecule has 0 spiro atoms. The zero-order valence-corrected chi connectivity index (χ0v) is 21.9. The van der Waals surface area contributed by atoms with Crippen molar-refractivity contribution < 1.29 is 14.3 Å². The Hall–Kier alpha value is -3.29. The van der Waals surface area contributed by atoms with E-state index in [-0.39, 0.29) is 11.9 Å². The Kier molecular flexibility index (Phi) is 7.15. The first-order chi connectivity index (χ1) is 18.2. The fourth-order valence-corrected chi connectivity index (χ4v) is 6.30. The fourth-order valence-electron chi connectivity index (χ4n) is 5.60. The molecule has 0 N–H and O–H groups in total. The molecule has 6 nitrogen and oxygen atoms in total. The van der Waals surface area contributed by atoms with Crippen LogP contribution in [-0.4, -0.2) is 54.5 Å². The van der Waals surface area contributed by atoms with Crippen molar-refractivity contribution in [3.05, 3.63) is 100 Å². The number of benzene rings is 1. The van der Waals surface area contributed by atoms with Crippen LogP contribution in [0.5, 0.6) is 0 Å². The zero-order valence-electron chi connectivity index (χ0n) is 21.1. The third-order valence-electron chi connectivity index (χ3n) is 7.59. The molecule has 1 atom stereocenters. The highest BCUT2D eigenvalue weighted by molar-refractivity contribution is 7.10. The first-order valence-electron chi connectivity index (χ1n) is 13.2. The number of hydrogen-bond acceptors (Lipinski definition) is 6. The van der Waals surface area contributed by atoms with Gasteiger partial charge < -0.3 is 19.3 Å². The van der Waals surface area contributed by atoms with Crippen LogP contribution in [0.4, 0.5) is 5.69 Å². The van der Waals surface area contributed by atoms with Gasteiger partial charge in [-0.2, -0.15) is 0 Å². The maximum atomic E-state index is 13.5. The Labute approximate surface area is 222 Å². The van der Waals surface area contributed by atoms with Gasteiger partial charge in [-0.25, -0.2) is 0 Å². The molecule has 1 saturated heterocycles. The molecule has 1 aromatic carbocycles. The summed E-state index contributed by atoms with van der Waals surface area (Å²) in [6, 6.07) is 12.7. The van der Waals surface area contributed by atoms with E-state index >= 15 is 0 Å². The molecule has 1 unspecified atom stereocenters. The van der Waals surface area contributed by atoms with Crippen LogP contribution in [0.2, 0.25) is 0 Å². The van der Waals surface area contributed by atoms with Crippen molar-refractivity contribution in [2.45, 2.75) is 38.1 Å². The van der Waals surface area contributed by atoms with Crippen LogP contribution in [0.3, 0.4) is 0 Å². The second-order valence-corrected chi connectivity index (χ2v) is 11.0. The summed E-state index contributed by atoms with van der Waals surface area (Å²) < 4.78 is 11.9. The molecular weight excluding hydrogens is 482 g/mol. The molecule has 3 aliphatic heterocycles. The Bertz CT molecular complexity index is 1240. The Morgan fingerprint density at radius 3 is 2.65 bits per heavy atom. The molecule has 7 heteroatoms. The number of rotatable bonds is 6. The second-order valence-electron chi connectivity index (χ2n) is 9.96. The van der Waals surface area contributed by atoms with Crippen LogP contribution in [0.15, 0.2) is 89.7 Å². The summed E-state index contributed by atoms with van der Waals surface area (Å²) in [5, 5.41) is 2.04. The normalized spacial score (nSPS) is 21.8. The van der Waals surface area contributed by atoms with Gasteiger partial charge in [0, 0.05) is 49.3 Å². The summed E-state index contributed by atoms with van der Waals surface area (Å²) in [4.78, 5) is 21.5. The SMILES string of the molecule is O=C(Cc1cccs1)N1c2ccccc2CCC1CN1CCN(C2=COC(C3=CC=CCC3)=CO2)CC1. The number of anilines is 1. The minimum Gasteiger partial charge on any atom is -0.456 e. The summed E-state index contributed by atoms with van der Waals surface area (Å²) >= 11 is 1.65. The van der Waals surface area contributed by atoms with Gasteiger partial charge in [0.05, 0.1) is 6.42 Å². The van der Waals surface area contributed by atoms with Gasteiger partial charge in [0.2, 0.25) is 11.8 Å². The molecule has 1 aromatic heterocycles. The van der Waals surface area contributed by atoms with E-state index in [1.807, 2.05) is 17.5 Å². The molecule has 6 rings (SSSR count). The number of allylic oxidation sites excluding steroid dienone is 4. The van der Waals surface area contributed by atoms with Crippen molar-refractivity contribution in [1.82, 2.24) is 9.80 Å². The van der Waals surface area contributed by atoms with Crippen molar-refractivity contribution in [3.8, 4) is 0 Å². The van der Waals surface area contributed by atoms with Gasteiger partial charge in [0.25, 0.3) is 0 Å². The lowest BCUT2D eigenvalue weighted by atomic mass is 9.94. The number of piperazine rings is 1. The minimum atomic E-state index is 0.186. The Balaban J connectivity index is 1.07. The number of carbonyl (C=O) groups is 1. The van der Waals surface area contributed by atoms with Gasteiger partial charge in [-0.3, -0.25) is 9.69 Å². The summed E-state index contributed by atoms with van der Waals surface area (Å²) in [6.45, 7) is 4.49. The van der Waals surface area contributed by atoms with Crippen molar-refractivity contribution in [3.63, 3.8) is 0 Å². The molecule has 0 saturated carbocycles. The van der Waals surface area contributed by atoms with E-state index in [2.05, 4.69) is 57.2 Å². The number of carbonyl (C=O) groups excluding carboxylic acids is 1. The molecule has 192 valence electrons. The Morgan fingerprint density at radius 1 is 1.00 bits per heavy atom. The standard InChI is InChI=1S/C30H33N3O3S/c34-29(19-26-10-6-18-37-26)33-25(13-12-23-7-4-5-11-27(23)33)20-31-14-16-32(17-15-31)30-22-35-28(21-36-30)24-8-2-1-3-9-24/h1-2,4-8,10-11,18,21-22,25H,3,9,12-17,19-20H2. The largest absolute Gasteiger partial charge is 0.456 e. The minimum absolute atomic E-state index is 0.186. The number of ether oxygens (including phenoxy) is 2. The first kappa shape index (κ1) is 24.1. The summed E-state index contributed by atoms with van der Waals surface area (Å²) in [7, 11) is 0. The van der Waals surface area contributed by atoms with Gasteiger partial charge in [-0.15, -0.1) is 11.3 Å². The lowest BCUT2D eigenvalue weighted by Gasteiger charge is -2.42. The van der Waals surface area contributed by atoms with Crippen LogP contribution >= 0.6 is 11.3 Å². The third kappa shape index (κ3) is 5.38. The average Bonchev–Trinajstić information content (AvgIpc) is 3.47. The van der Waals surface area contributed by atoms with Gasteiger partial charge in [0.15, 0.2) is 12.0 Å². The molecule has 0 bridgehead atoms. The monoisotopic (exact) mass is 515 g/mol. The lowest BCUT2D eigenvalue weighted by molar-refractivity contribution is -0.118. The number of fused-ring (bicyclic) bond motifs is 1. The van der Waals surface area contributed by atoms with Crippen LogP contribution in [0.25, 0.3) is 0 Å². The summed E-state index contributed by atoms with van der Waals surface area (Å²) in [5.41, 5.74) is 3.54. The molecule has 0 radical (unpaired) electrons. The number of nitrogens with zero attached hydrogens (tertiary/aromatic N) is 3. The van der Waals surface area contributed by atoms with Gasteiger partial charge in [-0.05, 0) is 54.3 Å². The fraction of sp³-hybridized carbons (Fsp3) is 0.367. The second kappa shape index (κ2) is 11.0. The van der Waals surface area contributed by atoms with Gasteiger partial charge >= 0.3 is 0 Å². The van der Waals surface area contributed by atoms with Crippen LogP contribution < -0.4 is 4.90 Å². The number of aryl methyl sites for hydroxylation is 1. The maximum Gasteiger partial charge on any atom is 0.232 e. The first-order valence-corrected chi connectivity index (χ1v) is 14.1. The lowest BCUT2D eigenvalue weighted by Crippen LogP contribution is -2.54. The average molecular weight is 516 g/mol. The molecule has 4 heterocycles. The predicted molar refractivity (Wildman–Crippen MR) is 147 cm³/mol. The highest BCUT2D eigenvalue weighted by Gasteiger charge is 2.33. The molecule has 1 aliphatic carbocycles. The van der Waals surface area contributed by atoms with Gasteiger partial charge in [0.1, 0.15) is 6.26 Å². The highest BCUT2D eigenvalue weighted by Crippen LogP contribution is 2.32. The van der Waals surface area contributed by atoms with Crippen LogP contribution in [0.1, 0.15) is 29.7 Å². The molecule has 2 aromatic rings. The van der Waals surface area contributed by atoms with Crippen LogP contribution in [0, 0.1) is 0 Å². The van der Waals surface area contributed by atoms with E-state index in [1.165, 1.54) is 11.1 Å². The predicted octanol–water partition coefficient (Wildman–Crippen LogP) is 5.22. The van der Waals surface area contributed by atoms with Crippen molar-refractivity contribution in [1.29, 1.82) is 0 Å². The summed E-state index contributed by atoms with van der Waals surface area (Å²) in [6.07, 6.45) is 14.3. The van der Waals surface area contributed by atoms with E-state index in [1.54, 1.807) is 23.9 Å². The van der Waals surface area contributed by atoms with Crippen molar-refractivity contribution >= 4 is 22.9 Å². The van der Waals surface area contributed by atoms with E-state index in [4.69, 9.17) is 9.47 Å². The molecular formula is C30H33N3O3S. The van der Waals surface area contributed by atoms with E-state index < -0.39 is 0 Å². The summed E-state index contributed by atoms with van der Waals surface area (Å²) in [5.74, 6) is 1.77. The van der Waals surface area contributed by atoms with E-state index in [0.717, 1.165) is 80.6 Å². The maximum absolute atomic E-state index is 13.5. The highest BCUT2D eigenvalue weighted by atomic mass is 32.1.